The molecule has 0 saturated heterocycles. The van der Waals surface area contributed by atoms with Crippen LogP contribution < -0.4 is 19.9 Å². The summed E-state index contributed by atoms with van der Waals surface area (Å²) in [6, 6.07) is 2.91. The van der Waals surface area contributed by atoms with Crippen LogP contribution in [-0.4, -0.2) is 32.5 Å². The van der Waals surface area contributed by atoms with Crippen LogP contribution in [0.25, 0.3) is 0 Å². The number of hydrogen-bond donors (Lipinski definition) is 2. The van der Waals surface area contributed by atoms with Crippen molar-refractivity contribution in [2.24, 2.45) is 11.7 Å². The fraction of sp³-hybridized carbons (Fsp3) is 0.571. The first-order valence-electron chi connectivity index (χ1n) is 6.19. The van der Waals surface area contributed by atoms with Crippen LogP contribution in [0.3, 0.4) is 0 Å². The Morgan fingerprint density at radius 1 is 0.947 bits per heavy atom. The first kappa shape index (κ1) is 15.6. The zero-order chi connectivity index (χ0) is 14.6. The molecule has 0 heterocycles. The molecular weight excluding hydrogens is 246 g/mol. The lowest BCUT2D eigenvalue weighted by Crippen LogP contribution is -2.30. The van der Waals surface area contributed by atoms with Gasteiger partial charge in [-0.3, -0.25) is 0 Å². The summed E-state index contributed by atoms with van der Waals surface area (Å²) < 4.78 is 15.8. The molecule has 1 aromatic carbocycles. The van der Waals surface area contributed by atoms with Gasteiger partial charge < -0.3 is 25.1 Å². The largest absolute Gasteiger partial charge is 0.496 e. The maximum absolute atomic E-state index is 10.1. The second-order valence-corrected chi connectivity index (χ2v) is 4.71. The number of nitrogens with two attached hydrogens (primary N) is 1. The van der Waals surface area contributed by atoms with Gasteiger partial charge in [0.25, 0.3) is 0 Å². The van der Waals surface area contributed by atoms with Crippen LogP contribution in [0.2, 0.25) is 0 Å². The summed E-state index contributed by atoms with van der Waals surface area (Å²) in [4.78, 5) is 0. The highest BCUT2D eigenvalue weighted by Crippen LogP contribution is 2.38. The van der Waals surface area contributed by atoms with Crippen LogP contribution in [0.4, 0.5) is 0 Å². The third-order valence-corrected chi connectivity index (χ3v) is 3.15. The van der Waals surface area contributed by atoms with Gasteiger partial charge in [0.1, 0.15) is 5.75 Å². The van der Waals surface area contributed by atoms with Gasteiger partial charge in [-0.25, -0.2) is 0 Å². The molecule has 0 aliphatic carbocycles. The van der Waals surface area contributed by atoms with Gasteiger partial charge >= 0.3 is 0 Å². The quantitative estimate of drug-likeness (QED) is 0.822. The maximum atomic E-state index is 10.1. The Bertz CT molecular complexity index is 420. The van der Waals surface area contributed by atoms with Gasteiger partial charge in [0.05, 0.1) is 33.5 Å². The Hall–Kier alpha value is -1.46. The molecule has 5 nitrogen and oxygen atoms in total. The molecule has 0 saturated carbocycles. The lowest BCUT2D eigenvalue weighted by molar-refractivity contribution is 0.0968. The molecule has 0 aromatic heterocycles. The molecule has 0 bridgehead atoms. The van der Waals surface area contributed by atoms with Gasteiger partial charge in [-0.15, -0.1) is 0 Å². The fourth-order valence-corrected chi connectivity index (χ4v) is 1.91. The van der Waals surface area contributed by atoms with Crippen LogP contribution in [0.1, 0.15) is 25.5 Å². The predicted octanol–water partition coefficient (Wildman–Crippen LogP) is 1.73. The molecule has 2 atom stereocenters. The summed E-state index contributed by atoms with van der Waals surface area (Å²) in [5, 5.41) is 10.1. The molecule has 0 aliphatic rings. The minimum absolute atomic E-state index is 0.0489. The van der Waals surface area contributed by atoms with Gasteiger partial charge in [-0.05, 0) is 12.0 Å². The van der Waals surface area contributed by atoms with Crippen molar-refractivity contribution < 1.29 is 19.3 Å². The summed E-state index contributed by atoms with van der Waals surface area (Å²) in [5.74, 6) is 1.75. The molecule has 108 valence electrons. The standard InChI is InChI=1S/C14H23NO4/c1-8(2)14(16)13(15)9-6-11(18-4)12(19-5)7-10(9)17-3/h6-8,13-14,16H,15H2,1-5H3/t13-,14+/m0/s1. The molecule has 1 rings (SSSR count). The highest BCUT2D eigenvalue weighted by molar-refractivity contribution is 5.52. The van der Waals surface area contributed by atoms with E-state index < -0.39 is 12.1 Å². The molecule has 1 aromatic rings. The topological polar surface area (TPSA) is 73.9 Å². The highest BCUT2D eigenvalue weighted by atomic mass is 16.5. The number of ether oxygens (including phenoxy) is 3. The lowest BCUT2D eigenvalue weighted by atomic mass is 9.93. The number of methoxy groups -OCH3 is 3. The van der Waals surface area contributed by atoms with E-state index in [2.05, 4.69) is 0 Å². The summed E-state index contributed by atoms with van der Waals surface area (Å²) in [7, 11) is 4.66. The van der Waals surface area contributed by atoms with Crippen molar-refractivity contribution in [3.05, 3.63) is 17.7 Å². The Morgan fingerprint density at radius 3 is 1.84 bits per heavy atom. The summed E-state index contributed by atoms with van der Waals surface area (Å²) in [5.41, 5.74) is 6.80. The molecule has 0 amide bonds. The van der Waals surface area contributed by atoms with Gasteiger partial charge in [0, 0.05) is 11.6 Å². The van der Waals surface area contributed by atoms with E-state index >= 15 is 0 Å². The Morgan fingerprint density at radius 2 is 1.42 bits per heavy atom. The van der Waals surface area contributed by atoms with E-state index in [0.29, 0.717) is 22.8 Å². The molecule has 0 aliphatic heterocycles. The Balaban J connectivity index is 3.25. The minimum Gasteiger partial charge on any atom is -0.496 e. The second kappa shape index (κ2) is 6.63. The van der Waals surface area contributed by atoms with Gasteiger partial charge in [0.2, 0.25) is 0 Å². The van der Waals surface area contributed by atoms with Crippen LogP contribution in [-0.2, 0) is 0 Å². The molecular formula is C14H23NO4. The van der Waals surface area contributed by atoms with E-state index in [1.165, 1.54) is 0 Å². The van der Waals surface area contributed by atoms with Crippen molar-refractivity contribution in [3.63, 3.8) is 0 Å². The number of benzene rings is 1. The SMILES string of the molecule is COc1cc(OC)c([C@H](N)[C@H](O)C(C)C)cc1OC. The van der Waals surface area contributed by atoms with E-state index in [0.717, 1.165) is 0 Å². The van der Waals surface area contributed by atoms with Crippen molar-refractivity contribution in [2.45, 2.75) is 26.0 Å². The molecule has 3 N–H and O–H groups in total. The molecule has 19 heavy (non-hydrogen) atoms. The van der Waals surface area contributed by atoms with Gasteiger partial charge in [0.15, 0.2) is 11.5 Å². The highest BCUT2D eigenvalue weighted by Gasteiger charge is 2.25. The molecule has 0 unspecified atom stereocenters. The van der Waals surface area contributed by atoms with Crippen LogP contribution in [0.15, 0.2) is 12.1 Å². The normalized spacial score (nSPS) is 14.1. The van der Waals surface area contributed by atoms with Crippen molar-refractivity contribution >= 4 is 0 Å². The van der Waals surface area contributed by atoms with E-state index in [1.54, 1.807) is 33.5 Å². The smallest absolute Gasteiger partial charge is 0.164 e. The van der Waals surface area contributed by atoms with Crippen molar-refractivity contribution in [1.82, 2.24) is 0 Å². The van der Waals surface area contributed by atoms with E-state index in [9.17, 15) is 5.11 Å². The molecule has 0 spiro atoms. The van der Waals surface area contributed by atoms with Gasteiger partial charge in [-0.2, -0.15) is 0 Å². The zero-order valence-corrected chi connectivity index (χ0v) is 12.1. The summed E-state index contributed by atoms with van der Waals surface area (Å²) in [6.07, 6.45) is -0.660. The summed E-state index contributed by atoms with van der Waals surface area (Å²) in [6.45, 7) is 3.83. The first-order valence-corrected chi connectivity index (χ1v) is 6.19. The Kier molecular flexibility index (Phi) is 5.44. The van der Waals surface area contributed by atoms with Crippen LogP contribution >= 0.6 is 0 Å². The fourth-order valence-electron chi connectivity index (χ4n) is 1.91. The number of rotatable bonds is 6. The van der Waals surface area contributed by atoms with E-state index in [-0.39, 0.29) is 5.92 Å². The maximum Gasteiger partial charge on any atom is 0.164 e. The average Bonchev–Trinajstić information content (AvgIpc) is 2.43. The molecule has 5 heteroatoms. The average molecular weight is 269 g/mol. The number of aliphatic hydroxyl groups is 1. The lowest BCUT2D eigenvalue weighted by Gasteiger charge is -2.25. The number of hydrogen-bond acceptors (Lipinski definition) is 5. The first-order chi connectivity index (χ1) is 8.96. The third-order valence-electron chi connectivity index (χ3n) is 3.15. The second-order valence-electron chi connectivity index (χ2n) is 4.71. The van der Waals surface area contributed by atoms with Crippen molar-refractivity contribution in [3.8, 4) is 17.2 Å². The van der Waals surface area contributed by atoms with E-state index in [4.69, 9.17) is 19.9 Å². The zero-order valence-electron chi connectivity index (χ0n) is 12.1. The molecule has 0 radical (unpaired) electrons. The van der Waals surface area contributed by atoms with Crippen molar-refractivity contribution in [2.75, 3.05) is 21.3 Å². The monoisotopic (exact) mass is 269 g/mol. The predicted molar refractivity (Wildman–Crippen MR) is 73.9 cm³/mol. The van der Waals surface area contributed by atoms with E-state index in [1.807, 2.05) is 13.8 Å². The van der Waals surface area contributed by atoms with Gasteiger partial charge in [-0.1, -0.05) is 13.8 Å². The minimum atomic E-state index is -0.660. The molecule has 0 fully saturated rings. The van der Waals surface area contributed by atoms with Crippen molar-refractivity contribution in [1.29, 1.82) is 0 Å². The summed E-state index contributed by atoms with van der Waals surface area (Å²) >= 11 is 0. The van der Waals surface area contributed by atoms with Crippen LogP contribution in [0, 0.1) is 5.92 Å². The number of aliphatic hydroxyl groups excluding tert-OH is 1. The van der Waals surface area contributed by atoms with Crippen LogP contribution in [0.5, 0.6) is 17.2 Å². The third kappa shape index (κ3) is 3.30. The Labute approximate surface area is 114 Å².